The number of rotatable bonds is 6. The van der Waals surface area contributed by atoms with Crippen LogP contribution in [-0.4, -0.2) is 42.7 Å². The molecule has 174 valence electrons. The maximum Gasteiger partial charge on any atom is 0.230 e. The number of carbonyl (C=O) groups excluding carboxylic acids is 1. The SMILES string of the molecule is CC(C)(C)[SiH2]C1(C)CCN([C@@H](c2cnc(C3(C(N)=O)CC3)s2)c2ccccc2Cl)C1(C)O. The lowest BCUT2D eigenvalue weighted by atomic mass is 9.96. The van der Waals surface area contributed by atoms with E-state index in [1.165, 1.54) is 11.3 Å². The molecule has 5 nitrogen and oxygen atoms in total. The first kappa shape index (κ1) is 23.9. The maximum atomic E-state index is 12.1. The van der Waals surface area contributed by atoms with Crippen LogP contribution in [0.4, 0.5) is 0 Å². The van der Waals surface area contributed by atoms with Gasteiger partial charge in [-0.05, 0) is 42.9 Å². The molecule has 2 fully saturated rings. The van der Waals surface area contributed by atoms with Crippen molar-refractivity contribution in [1.29, 1.82) is 0 Å². The second-order valence-electron chi connectivity index (χ2n) is 11.2. The summed E-state index contributed by atoms with van der Waals surface area (Å²) in [6.07, 6.45) is 4.30. The molecule has 2 aromatic rings. The summed E-state index contributed by atoms with van der Waals surface area (Å²) in [6.45, 7) is 11.8. The molecular weight excluding hydrogens is 458 g/mol. The minimum absolute atomic E-state index is 0.136. The number of aliphatic hydroxyl groups is 1. The highest BCUT2D eigenvalue weighted by Gasteiger charge is 2.57. The van der Waals surface area contributed by atoms with Crippen molar-refractivity contribution in [1.82, 2.24) is 9.88 Å². The molecule has 1 saturated carbocycles. The summed E-state index contributed by atoms with van der Waals surface area (Å²) in [5.74, 6) is -0.301. The third kappa shape index (κ3) is 3.96. The summed E-state index contributed by atoms with van der Waals surface area (Å²) in [5, 5.41) is 13.6. The number of benzene rings is 1. The number of carbonyl (C=O) groups is 1. The second kappa shape index (κ2) is 7.91. The molecule has 1 saturated heterocycles. The molecular formula is C24H34ClN3O2SSi. The van der Waals surface area contributed by atoms with Gasteiger partial charge >= 0.3 is 0 Å². The van der Waals surface area contributed by atoms with Crippen LogP contribution in [0.1, 0.15) is 75.4 Å². The number of nitrogens with two attached hydrogens (primary N) is 1. The molecule has 1 amide bonds. The predicted octanol–water partition coefficient (Wildman–Crippen LogP) is 4.38. The molecule has 1 aliphatic heterocycles. The standard InChI is InChI=1S/C24H34ClN3O2SSi/c1-21(2,3)32-22(4)12-13-28(23(22,5)30)18(15-8-6-7-9-16(15)25)17-14-27-20(31-17)24(10-11-24)19(26)29/h6-9,14,18,30H,10-13,32H2,1-5H3,(H2,26,29)/t18-,22?,23?/m1/s1. The number of hydrogen-bond donors (Lipinski definition) is 2. The Labute approximate surface area is 202 Å². The van der Waals surface area contributed by atoms with Crippen LogP contribution in [0.3, 0.4) is 0 Å². The van der Waals surface area contributed by atoms with E-state index in [4.69, 9.17) is 17.3 Å². The van der Waals surface area contributed by atoms with Crippen LogP contribution in [0.2, 0.25) is 15.1 Å². The van der Waals surface area contributed by atoms with E-state index in [-0.39, 0.29) is 22.0 Å². The smallest absolute Gasteiger partial charge is 0.230 e. The quantitative estimate of drug-likeness (QED) is 0.587. The van der Waals surface area contributed by atoms with Crippen molar-refractivity contribution in [3.05, 3.63) is 50.9 Å². The first-order valence-electron chi connectivity index (χ1n) is 11.3. The van der Waals surface area contributed by atoms with Crippen LogP contribution in [0.5, 0.6) is 0 Å². The Bertz CT molecular complexity index is 1030. The van der Waals surface area contributed by atoms with Gasteiger partial charge in [0.1, 0.15) is 16.1 Å². The second-order valence-corrected chi connectivity index (χ2v) is 16.7. The number of nitrogens with zero attached hydrogens (tertiary/aromatic N) is 2. The van der Waals surface area contributed by atoms with E-state index in [1.807, 2.05) is 37.4 Å². The van der Waals surface area contributed by atoms with E-state index in [2.05, 4.69) is 37.6 Å². The summed E-state index contributed by atoms with van der Waals surface area (Å²) in [4.78, 5) is 19.9. The summed E-state index contributed by atoms with van der Waals surface area (Å²) < 4.78 is 0. The van der Waals surface area contributed by atoms with Gasteiger partial charge in [0, 0.05) is 37.2 Å². The van der Waals surface area contributed by atoms with Gasteiger partial charge in [-0.15, -0.1) is 11.3 Å². The van der Waals surface area contributed by atoms with Crippen LogP contribution in [0.15, 0.2) is 30.5 Å². The number of aromatic nitrogens is 1. The first-order valence-corrected chi connectivity index (χ1v) is 13.9. The van der Waals surface area contributed by atoms with Crippen molar-refractivity contribution in [3.63, 3.8) is 0 Å². The minimum atomic E-state index is -0.985. The molecule has 1 aliphatic carbocycles. The molecule has 1 aromatic carbocycles. The number of primary amides is 1. The van der Waals surface area contributed by atoms with E-state index in [0.29, 0.717) is 5.02 Å². The monoisotopic (exact) mass is 491 g/mol. The highest BCUT2D eigenvalue weighted by molar-refractivity contribution is 7.12. The lowest BCUT2D eigenvalue weighted by Gasteiger charge is -2.46. The first-order chi connectivity index (χ1) is 14.8. The van der Waals surface area contributed by atoms with Gasteiger partial charge in [-0.2, -0.15) is 0 Å². The minimum Gasteiger partial charge on any atom is -0.376 e. The van der Waals surface area contributed by atoms with Gasteiger partial charge in [-0.1, -0.05) is 57.5 Å². The third-order valence-corrected chi connectivity index (χ3v) is 11.9. The van der Waals surface area contributed by atoms with Gasteiger partial charge in [-0.25, -0.2) is 4.98 Å². The van der Waals surface area contributed by atoms with E-state index in [0.717, 1.165) is 41.3 Å². The Morgan fingerprint density at radius 2 is 1.94 bits per heavy atom. The molecule has 8 heteroatoms. The zero-order valence-electron chi connectivity index (χ0n) is 19.6. The molecule has 32 heavy (non-hydrogen) atoms. The Morgan fingerprint density at radius 3 is 2.50 bits per heavy atom. The number of halogens is 1. The summed E-state index contributed by atoms with van der Waals surface area (Å²) in [6, 6.07) is 7.60. The molecule has 0 radical (unpaired) electrons. The van der Waals surface area contributed by atoms with Gasteiger partial charge in [0.25, 0.3) is 0 Å². The van der Waals surface area contributed by atoms with Crippen molar-refractivity contribution in [2.45, 2.75) is 81.1 Å². The van der Waals surface area contributed by atoms with Crippen molar-refractivity contribution in [2.75, 3.05) is 6.54 Å². The molecule has 3 atom stereocenters. The summed E-state index contributed by atoms with van der Waals surface area (Å²) in [5.41, 5.74) is 5.06. The van der Waals surface area contributed by atoms with Crippen LogP contribution in [0.25, 0.3) is 0 Å². The van der Waals surface area contributed by atoms with E-state index in [1.54, 1.807) is 0 Å². The van der Waals surface area contributed by atoms with Crippen LogP contribution in [-0.2, 0) is 10.2 Å². The topological polar surface area (TPSA) is 79.5 Å². The zero-order chi connectivity index (χ0) is 23.5. The van der Waals surface area contributed by atoms with E-state index >= 15 is 0 Å². The molecule has 4 rings (SSSR count). The lowest BCUT2D eigenvalue weighted by molar-refractivity contribution is -0.120. The van der Waals surface area contributed by atoms with Crippen molar-refractivity contribution in [3.8, 4) is 0 Å². The zero-order valence-corrected chi connectivity index (χ0v) is 22.6. The average molecular weight is 492 g/mol. The molecule has 2 unspecified atom stereocenters. The summed E-state index contributed by atoms with van der Waals surface area (Å²) in [7, 11) is -0.624. The number of amides is 1. The molecule has 0 bridgehead atoms. The Hall–Kier alpha value is -1.25. The van der Waals surface area contributed by atoms with Crippen LogP contribution < -0.4 is 5.73 Å². The highest BCUT2D eigenvalue weighted by atomic mass is 35.5. The molecule has 1 aromatic heterocycles. The maximum absolute atomic E-state index is 12.1. The normalized spacial score (nSPS) is 29.0. The van der Waals surface area contributed by atoms with Crippen molar-refractivity contribution in [2.24, 2.45) is 5.73 Å². The number of hydrogen-bond acceptors (Lipinski definition) is 5. The Balaban J connectivity index is 1.78. The van der Waals surface area contributed by atoms with Crippen molar-refractivity contribution < 1.29 is 9.90 Å². The average Bonchev–Trinajstić information content (AvgIpc) is 3.29. The van der Waals surface area contributed by atoms with Crippen LogP contribution in [0, 0.1) is 0 Å². The molecule has 0 spiro atoms. The van der Waals surface area contributed by atoms with Gasteiger partial charge < -0.3 is 10.8 Å². The van der Waals surface area contributed by atoms with Crippen LogP contribution >= 0.6 is 22.9 Å². The lowest BCUT2D eigenvalue weighted by Crippen LogP contribution is -2.51. The fourth-order valence-corrected chi connectivity index (χ4v) is 10.2. The Kier molecular flexibility index (Phi) is 5.91. The van der Waals surface area contributed by atoms with Gasteiger partial charge in [0.15, 0.2) is 0 Å². The largest absolute Gasteiger partial charge is 0.376 e. The van der Waals surface area contributed by atoms with E-state index < -0.39 is 20.7 Å². The fraction of sp³-hybridized carbons (Fsp3) is 0.583. The van der Waals surface area contributed by atoms with Gasteiger partial charge in [0.05, 0.1) is 6.04 Å². The molecule has 2 aliphatic rings. The van der Waals surface area contributed by atoms with Crippen molar-refractivity contribution >= 4 is 38.4 Å². The fourth-order valence-electron chi connectivity index (χ4n) is 5.47. The Morgan fingerprint density at radius 1 is 1.28 bits per heavy atom. The predicted molar refractivity (Wildman–Crippen MR) is 134 cm³/mol. The summed E-state index contributed by atoms with van der Waals surface area (Å²) >= 11 is 8.22. The van der Waals surface area contributed by atoms with Gasteiger partial charge in [-0.3, -0.25) is 9.69 Å². The molecule has 3 N–H and O–H groups in total. The van der Waals surface area contributed by atoms with E-state index in [9.17, 15) is 9.90 Å². The third-order valence-electron chi connectivity index (χ3n) is 7.46. The number of likely N-dealkylation sites (tertiary alicyclic amines) is 1. The number of thiazole rings is 1. The highest BCUT2D eigenvalue weighted by Crippen LogP contribution is 2.57. The van der Waals surface area contributed by atoms with Gasteiger partial charge in [0.2, 0.25) is 5.91 Å². The molecule has 2 heterocycles.